The zero-order valence-corrected chi connectivity index (χ0v) is 26.4. The van der Waals surface area contributed by atoms with Gasteiger partial charge < -0.3 is 10.5 Å². The van der Waals surface area contributed by atoms with Crippen molar-refractivity contribution >= 4 is 27.4 Å². The molecule has 0 amide bonds. The van der Waals surface area contributed by atoms with Gasteiger partial charge >= 0.3 is 0 Å². The Morgan fingerprint density at radius 1 is 1.21 bits per heavy atom. The molecule has 8 nitrogen and oxygen atoms in total. The number of hydrogen-bond acceptors (Lipinski definition) is 7. The van der Waals surface area contributed by atoms with Crippen LogP contribution in [0.3, 0.4) is 0 Å². The number of benzene rings is 1. The van der Waals surface area contributed by atoms with Crippen LogP contribution in [-0.4, -0.2) is 48.3 Å². The Balaban J connectivity index is 1.63. The van der Waals surface area contributed by atoms with Gasteiger partial charge in [-0.25, -0.2) is 22.1 Å². The van der Waals surface area contributed by atoms with E-state index in [9.17, 15) is 8.42 Å². The van der Waals surface area contributed by atoms with Crippen LogP contribution in [0.2, 0.25) is 0 Å². The Kier molecular flexibility index (Phi) is 8.15. The zero-order chi connectivity index (χ0) is 30.4. The Hall–Kier alpha value is -3.01. The van der Waals surface area contributed by atoms with Gasteiger partial charge in [-0.05, 0) is 79.7 Å². The highest BCUT2D eigenvalue weighted by Gasteiger charge is 2.76. The van der Waals surface area contributed by atoms with Crippen LogP contribution in [0.25, 0.3) is 0 Å². The topological polar surface area (TPSA) is 110 Å². The molecule has 2 heterocycles. The number of methoxy groups -OCH3 is 1. The first-order chi connectivity index (χ1) is 19.9. The van der Waals surface area contributed by atoms with E-state index >= 15 is 4.39 Å². The van der Waals surface area contributed by atoms with E-state index in [-0.39, 0.29) is 23.4 Å². The minimum atomic E-state index is -3.98. The summed E-state index contributed by atoms with van der Waals surface area (Å²) in [6, 6.07) is 8.32. The SMILES string of the molecule is CCC(=Nc1ccc(F)c(C23CC(CC)C2(CC(C)C(C)CC2CC2)S(=O)(=O)N(C)C(N)=N3)c1)c1ccc(OC)cn1. The summed E-state index contributed by atoms with van der Waals surface area (Å²) in [4.78, 5) is 14.2. The summed E-state index contributed by atoms with van der Waals surface area (Å²) in [5.41, 5.74) is 7.13. The number of rotatable bonds is 11. The first-order valence-electron chi connectivity index (χ1n) is 15.2. The zero-order valence-electron chi connectivity index (χ0n) is 25.6. The molecule has 10 heteroatoms. The Labute approximate surface area is 249 Å². The van der Waals surface area contributed by atoms with Gasteiger partial charge in [0.05, 0.1) is 30.4 Å². The van der Waals surface area contributed by atoms with Crippen LogP contribution in [0.5, 0.6) is 5.75 Å². The second-order valence-corrected chi connectivity index (χ2v) is 14.7. The predicted octanol–water partition coefficient (Wildman–Crippen LogP) is 6.18. The van der Waals surface area contributed by atoms with E-state index in [0.29, 0.717) is 48.7 Å². The van der Waals surface area contributed by atoms with Gasteiger partial charge in [0, 0.05) is 12.6 Å². The maximum atomic E-state index is 16.0. The highest BCUT2D eigenvalue weighted by atomic mass is 32.2. The molecule has 5 atom stereocenters. The van der Waals surface area contributed by atoms with Crippen molar-refractivity contribution in [3.05, 3.63) is 53.6 Å². The molecule has 2 aromatic rings. The van der Waals surface area contributed by atoms with Gasteiger partial charge in [0.15, 0.2) is 0 Å². The fourth-order valence-electron chi connectivity index (χ4n) is 7.25. The number of pyridine rings is 1. The maximum Gasteiger partial charge on any atom is 0.245 e. The summed E-state index contributed by atoms with van der Waals surface area (Å²) in [6.45, 7) is 8.35. The lowest BCUT2D eigenvalue weighted by Crippen LogP contribution is -2.76. The molecule has 2 saturated carbocycles. The van der Waals surface area contributed by atoms with Crippen LogP contribution >= 0.6 is 0 Å². The fraction of sp³-hybridized carbons (Fsp3) is 0.594. The summed E-state index contributed by atoms with van der Waals surface area (Å²) >= 11 is 0. The van der Waals surface area contributed by atoms with Crippen molar-refractivity contribution in [3.8, 4) is 5.75 Å². The van der Waals surface area contributed by atoms with Gasteiger partial charge in [-0.2, -0.15) is 0 Å². The number of hydrogen-bond donors (Lipinski definition) is 1. The molecule has 2 fully saturated rings. The van der Waals surface area contributed by atoms with Crippen LogP contribution in [-0.2, 0) is 15.6 Å². The monoisotopic (exact) mass is 597 g/mol. The molecule has 0 saturated heterocycles. The van der Waals surface area contributed by atoms with E-state index in [0.717, 1.165) is 22.4 Å². The number of nitrogens with zero attached hydrogens (tertiary/aromatic N) is 4. The quantitative estimate of drug-likeness (QED) is 0.311. The van der Waals surface area contributed by atoms with Crippen LogP contribution in [0, 0.1) is 29.5 Å². The largest absolute Gasteiger partial charge is 0.495 e. The van der Waals surface area contributed by atoms with Crippen molar-refractivity contribution in [1.82, 2.24) is 9.29 Å². The molecular weight excluding hydrogens is 553 g/mol. The van der Waals surface area contributed by atoms with Crippen LogP contribution in [0.15, 0.2) is 46.5 Å². The number of halogens is 1. The number of aromatic nitrogens is 1. The summed E-state index contributed by atoms with van der Waals surface area (Å²) in [5, 5.41) is 0. The summed E-state index contributed by atoms with van der Waals surface area (Å²) in [5.74, 6) is 1.03. The third kappa shape index (κ3) is 4.79. The maximum absolute atomic E-state index is 16.0. The minimum Gasteiger partial charge on any atom is -0.495 e. The lowest BCUT2D eigenvalue weighted by atomic mass is 9.52. The van der Waals surface area contributed by atoms with Gasteiger partial charge in [0.25, 0.3) is 0 Å². The number of ether oxygens (including phenoxy) is 1. The molecule has 5 unspecified atom stereocenters. The highest BCUT2D eigenvalue weighted by molar-refractivity contribution is 7.91. The van der Waals surface area contributed by atoms with Gasteiger partial charge in [-0.15, -0.1) is 0 Å². The Morgan fingerprint density at radius 2 is 1.95 bits per heavy atom. The van der Waals surface area contributed by atoms with Crippen molar-refractivity contribution in [2.24, 2.45) is 39.4 Å². The number of aliphatic imine (C=N–C) groups is 2. The molecule has 42 heavy (non-hydrogen) atoms. The smallest absolute Gasteiger partial charge is 0.245 e. The molecule has 1 aromatic carbocycles. The first-order valence-corrected chi connectivity index (χ1v) is 16.6. The van der Waals surface area contributed by atoms with E-state index in [1.165, 1.54) is 26.0 Å². The van der Waals surface area contributed by atoms with Gasteiger partial charge in [0.2, 0.25) is 16.0 Å². The predicted molar refractivity (Wildman–Crippen MR) is 165 cm³/mol. The van der Waals surface area contributed by atoms with E-state index in [1.54, 1.807) is 25.4 Å². The van der Waals surface area contributed by atoms with Gasteiger partial charge in [-0.3, -0.25) is 9.98 Å². The average molecular weight is 598 g/mol. The normalized spacial score (nSPS) is 28.4. The van der Waals surface area contributed by atoms with Crippen molar-refractivity contribution in [3.63, 3.8) is 0 Å². The molecule has 2 aliphatic carbocycles. The molecule has 0 radical (unpaired) electrons. The number of guanidine groups is 1. The highest BCUT2D eigenvalue weighted by Crippen LogP contribution is 2.67. The van der Waals surface area contributed by atoms with E-state index < -0.39 is 26.1 Å². The molecule has 1 aromatic heterocycles. The number of sulfonamides is 1. The summed E-state index contributed by atoms with van der Waals surface area (Å²) < 4.78 is 50.0. The Morgan fingerprint density at radius 3 is 2.55 bits per heavy atom. The average Bonchev–Trinajstić information content (AvgIpc) is 3.79. The van der Waals surface area contributed by atoms with Gasteiger partial charge in [-0.1, -0.05) is 47.0 Å². The lowest BCUT2D eigenvalue weighted by molar-refractivity contribution is 0.0240. The van der Waals surface area contributed by atoms with E-state index in [4.69, 9.17) is 20.5 Å². The molecule has 0 spiro atoms. The first kappa shape index (κ1) is 30.4. The summed E-state index contributed by atoms with van der Waals surface area (Å²) in [6.07, 6.45) is 7.26. The molecule has 2 N–H and O–H groups in total. The molecular formula is C32H44FN5O3S. The number of nitrogens with two attached hydrogens (primary N) is 1. The van der Waals surface area contributed by atoms with Gasteiger partial charge in [0.1, 0.15) is 21.9 Å². The van der Waals surface area contributed by atoms with Crippen molar-refractivity contribution < 1.29 is 17.5 Å². The van der Waals surface area contributed by atoms with Crippen LogP contribution in [0.1, 0.15) is 83.9 Å². The minimum absolute atomic E-state index is 0.106. The fourth-order valence-corrected chi connectivity index (χ4v) is 9.83. The standard InChI is InChI=1S/C32H44FN5O3S/c1-7-23-18-31(26-16-24(11-13-27(26)33)36-28(8-2)29-14-12-25(41-6)19-35-29)32(23,42(39,40)38(5)30(34)37-31)17-21(4)20(3)15-22-9-10-22/h11-14,16,19-23H,7-10,15,17-18H2,1-6H3,(H2,34,37). The van der Waals surface area contributed by atoms with Crippen molar-refractivity contribution in [2.75, 3.05) is 14.2 Å². The van der Waals surface area contributed by atoms with E-state index in [1.807, 2.05) is 26.0 Å². The van der Waals surface area contributed by atoms with E-state index in [2.05, 4.69) is 18.8 Å². The molecule has 0 bridgehead atoms. The van der Waals surface area contributed by atoms with Crippen LogP contribution in [0.4, 0.5) is 10.1 Å². The second-order valence-electron chi connectivity index (χ2n) is 12.5. The third-order valence-electron chi connectivity index (χ3n) is 10.1. The number of fused-ring (bicyclic) bond motifs is 1. The molecule has 3 aliphatic rings. The lowest BCUT2D eigenvalue weighted by Gasteiger charge is -2.65. The second kappa shape index (κ2) is 11.2. The molecule has 1 aliphatic heterocycles. The summed E-state index contributed by atoms with van der Waals surface area (Å²) in [7, 11) is -0.924. The molecule has 228 valence electrons. The Bertz CT molecular complexity index is 1490. The van der Waals surface area contributed by atoms with Crippen molar-refractivity contribution in [2.45, 2.75) is 82.9 Å². The molecule has 5 rings (SSSR count). The van der Waals surface area contributed by atoms with Crippen molar-refractivity contribution in [1.29, 1.82) is 0 Å². The van der Waals surface area contributed by atoms with Crippen LogP contribution < -0.4 is 10.5 Å². The third-order valence-corrected chi connectivity index (χ3v) is 12.8.